The van der Waals surface area contributed by atoms with E-state index in [0.717, 1.165) is 4.88 Å². The number of hydrogen-bond donors (Lipinski definition) is 2. The molecule has 5 heteroatoms. The standard InChI is InChI=1S/C11H16O4S/c1-7-6-8(9(16-7)10(12)13)15-5-4-11(2,3)14/h6,14H,4-5H2,1-3H3,(H,12,13). The Morgan fingerprint density at radius 2 is 2.19 bits per heavy atom. The van der Waals surface area contributed by atoms with Crippen molar-refractivity contribution in [3.63, 3.8) is 0 Å². The van der Waals surface area contributed by atoms with Crippen LogP contribution in [0.15, 0.2) is 6.07 Å². The molecule has 1 aromatic rings. The maximum Gasteiger partial charge on any atom is 0.349 e. The van der Waals surface area contributed by atoms with Crippen LogP contribution in [-0.4, -0.2) is 28.4 Å². The summed E-state index contributed by atoms with van der Waals surface area (Å²) < 4.78 is 5.36. The molecule has 0 aliphatic rings. The molecule has 90 valence electrons. The molecule has 2 N–H and O–H groups in total. The quantitative estimate of drug-likeness (QED) is 0.834. The normalized spacial score (nSPS) is 11.5. The molecule has 1 aromatic heterocycles. The van der Waals surface area contributed by atoms with E-state index in [9.17, 15) is 9.90 Å². The second kappa shape index (κ2) is 4.84. The zero-order chi connectivity index (χ0) is 12.3. The minimum atomic E-state index is -0.976. The zero-order valence-corrected chi connectivity index (χ0v) is 10.4. The van der Waals surface area contributed by atoms with Gasteiger partial charge in [0.1, 0.15) is 5.75 Å². The molecule has 0 saturated heterocycles. The number of thiophene rings is 1. The van der Waals surface area contributed by atoms with Gasteiger partial charge in [0.05, 0.1) is 12.2 Å². The van der Waals surface area contributed by atoms with Crippen LogP contribution in [-0.2, 0) is 0 Å². The largest absolute Gasteiger partial charge is 0.492 e. The summed E-state index contributed by atoms with van der Waals surface area (Å²) in [6, 6.07) is 1.71. The number of hydrogen-bond acceptors (Lipinski definition) is 4. The molecular formula is C11H16O4S. The highest BCUT2D eigenvalue weighted by molar-refractivity contribution is 7.14. The summed E-state index contributed by atoms with van der Waals surface area (Å²) in [4.78, 5) is 12.0. The second-order valence-electron chi connectivity index (χ2n) is 4.27. The Morgan fingerprint density at radius 3 is 2.69 bits per heavy atom. The molecule has 0 aliphatic carbocycles. The van der Waals surface area contributed by atoms with Crippen molar-refractivity contribution < 1.29 is 19.7 Å². The van der Waals surface area contributed by atoms with E-state index < -0.39 is 11.6 Å². The van der Waals surface area contributed by atoms with Crippen molar-refractivity contribution >= 4 is 17.3 Å². The van der Waals surface area contributed by atoms with Crippen LogP contribution in [0.4, 0.5) is 0 Å². The minimum absolute atomic E-state index is 0.216. The summed E-state index contributed by atoms with van der Waals surface area (Å²) in [5.41, 5.74) is -0.797. The van der Waals surface area contributed by atoms with Gasteiger partial charge in [0.25, 0.3) is 0 Å². The van der Waals surface area contributed by atoms with E-state index in [0.29, 0.717) is 18.8 Å². The minimum Gasteiger partial charge on any atom is -0.492 e. The van der Waals surface area contributed by atoms with Gasteiger partial charge in [0.15, 0.2) is 4.88 Å². The first-order valence-electron chi connectivity index (χ1n) is 4.98. The van der Waals surface area contributed by atoms with Crippen LogP contribution in [0.5, 0.6) is 5.75 Å². The van der Waals surface area contributed by atoms with E-state index in [1.165, 1.54) is 11.3 Å². The number of aryl methyl sites for hydroxylation is 1. The summed E-state index contributed by atoms with van der Waals surface area (Å²) in [6.45, 7) is 5.51. The molecule has 0 spiro atoms. The van der Waals surface area contributed by atoms with Gasteiger partial charge in [-0.15, -0.1) is 11.3 Å². The van der Waals surface area contributed by atoms with Gasteiger partial charge in [-0.2, -0.15) is 0 Å². The maximum absolute atomic E-state index is 10.9. The van der Waals surface area contributed by atoms with Crippen molar-refractivity contribution in [2.75, 3.05) is 6.61 Å². The van der Waals surface area contributed by atoms with Crippen LogP contribution in [0.2, 0.25) is 0 Å². The molecule has 0 aliphatic heterocycles. The third kappa shape index (κ3) is 3.83. The average molecular weight is 244 g/mol. The lowest BCUT2D eigenvalue weighted by atomic mass is 10.1. The molecule has 4 nitrogen and oxygen atoms in total. The Hall–Kier alpha value is -1.07. The van der Waals surface area contributed by atoms with Crippen LogP contribution in [0.1, 0.15) is 34.8 Å². The number of carboxylic acids is 1. The van der Waals surface area contributed by atoms with E-state index in [4.69, 9.17) is 9.84 Å². The lowest BCUT2D eigenvalue weighted by Gasteiger charge is -2.16. The van der Waals surface area contributed by atoms with Gasteiger partial charge in [-0.25, -0.2) is 4.79 Å². The Labute approximate surface area is 98.5 Å². The maximum atomic E-state index is 10.9. The molecular weight excluding hydrogens is 228 g/mol. The van der Waals surface area contributed by atoms with E-state index in [-0.39, 0.29) is 4.88 Å². The molecule has 0 atom stereocenters. The fourth-order valence-electron chi connectivity index (χ4n) is 1.16. The Bertz CT molecular complexity index is 376. The van der Waals surface area contributed by atoms with Gasteiger partial charge >= 0.3 is 5.97 Å². The molecule has 1 rings (SSSR count). The van der Waals surface area contributed by atoms with E-state index >= 15 is 0 Å². The van der Waals surface area contributed by atoms with Gasteiger partial charge in [-0.1, -0.05) is 0 Å². The lowest BCUT2D eigenvalue weighted by Crippen LogP contribution is -2.22. The first kappa shape index (κ1) is 13.0. The molecule has 0 radical (unpaired) electrons. The zero-order valence-electron chi connectivity index (χ0n) is 9.61. The van der Waals surface area contributed by atoms with Gasteiger partial charge in [-0.05, 0) is 26.8 Å². The van der Waals surface area contributed by atoms with Crippen molar-refractivity contribution in [1.82, 2.24) is 0 Å². The first-order valence-corrected chi connectivity index (χ1v) is 5.80. The molecule has 0 aromatic carbocycles. The summed E-state index contributed by atoms with van der Waals surface area (Å²) in [6.07, 6.45) is 0.459. The highest BCUT2D eigenvalue weighted by Gasteiger charge is 2.17. The molecule has 0 bridgehead atoms. The second-order valence-corrected chi connectivity index (χ2v) is 5.52. The van der Waals surface area contributed by atoms with Crippen LogP contribution in [0.25, 0.3) is 0 Å². The fourth-order valence-corrected chi connectivity index (χ4v) is 1.95. The molecule has 1 heterocycles. The predicted octanol–water partition coefficient (Wildman–Crippen LogP) is 2.29. The van der Waals surface area contributed by atoms with Crippen molar-refractivity contribution in [3.8, 4) is 5.75 Å². The molecule has 16 heavy (non-hydrogen) atoms. The summed E-state index contributed by atoms with van der Waals surface area (Å²) >= 11 is 1.19. The van der Waals surface area contributed by atoms with E-state index in [2.05, 4.69) is 0 Å². The van der Waals surface area contributed by atoms with Gasteiger partial charge < -0.3 is 14.9 Å². The number of carbonyl (C=O) groups is 1. The van der Waals surface area contributed by atoms with Crippen LogP contribution >= 0.6 is 11.3 Å². The lowest BCUT2D eigenvalue weighted by molar-refractivity contribution is 0.0550. The SMILES string of the molecule is Cc1cc(OCCC(C)(C)O)c(C(=O)O)s1. The van der Waals surface area contributed by atoms with Crippen molar-refractivity contribution in [2.24, 2.45) is 0 Å². The Morgan fingerprint density at radius 1 is 1.56 bits per heavy atom. The van der Waals surface area contributed by atoms with Crippen molar-refractivity contribution in [1.29, 1.82) is 0 Å². The van der Waals surface area contributed by atoms with Crippen LogP contribution in [0.3, 0.4) is 0 Å². The predicted molar refractivity (Wildman–Crippen MR) is 62.4 cm³/mol. The Balaban J connectivity index is 2.63. The third-order valence-corrected chi connectivity index (χ3v) is 3.01. The van der Waals surface area contributed by atoms with E-state index in [1.807, 2.05) is 6.92 Å². The number of ether oxygens (including phenoxy) is 1. The van der Waals surface area contributed by atoms with Crippen LogP contribution in [0, 0.1) is 6.92 Å². The van der Waals surface area contributed by atoms with E-state index in [1.54, 1.807) is 19.9 Å². The first-order chi connectivity index (χ1) is 7.29. The molecule has 0 fully saturated rings. The highest BCUT2D eigenvalue weighted by atomic mass is 32.1. The number of carboxylic acid groups (broad SMARTS) is 1. The highest BCUT2D eigenvalue weighted by Crippen LogP contribution is 2.29. The van der Waals surface area contributed by atoms with Crippen LogP contribution < -0.4 is 4.74 Å². The summed E-state index contributed by atoms with van der Waals surface area (Å²) in [5, 5.41) is 18.4. The summed E-state index contributed by atoms with van der Waals surface area (Å²) in [5.74, 6) is -0.587. The Kier molecular flexibility index (Phi) is 3.93. The molecule has 0 saturated carbocycles. The van der Waals surface area contributed by atoms with Gasteiger partial charge in [0, 0.05) is 11.3 Å². The topological polar surface area (TPSA) is 66.8 Å². The smallest absolute Gasteiger partial charge is 0.349 e. The van der Waals surface area contributed by atoms with Gasteiger partial charge in [-0.3, -0.25) is 0 Å². The third-order valence-electron chi connectivity index (χ3n) is 1.99. The monoisotopic (exact) mass is 244 g/mol. The molecule has 0 amide bonds. The fraction of sp³-hybridized carbons (Fsp3) is 0.545. The molecule has 0 unspecified atom stereocenters. The summed E-state index contributed by atoms with van der Waals surface area (Å²) in [7, 11) is 0. The van der Waals surface area contributed by atoms with Gasteiger partial charge in [0.2, 0.25) is 0 Å². The average Bonchev–Trinajstić information content (AvgIpc) is 2.44. The van der Waals surface area contributed by atoms with Crippen molar-refractivity contribution in [2.45, 2.75) is 32.8 Å². The number of aromatic carboxylic acids is 1. The number of rotatable bonds is 5. The number of aliphatic hydroxyl groups is 1. The van der Waals surface area contributed by atoms with Crippen molar-refractivity contribution in [3.05, 3.63) is 15.8 Å².